The van der Waals surface area contributed by atoms with Gasteiger partial charge in [0.25, 0.3) is 10.0 Å². The highest BCUT2D eigenvalue weighted by Crippen LogP contribution is 2.36. The molecule has 0 radical (unpaired) electrons. The first-order valence-corrected chi connectivity index (χ1v) is 9.55. The van der Waals surface area contributed by atoms with E-state index in [-0.39, 0.29) is 0 Å². The van der Waals surface area contributed by atoms with Crippen LogP contribution in [-0.2, 0) is 16.6 Å². The maximum Gasteiger partial charge on any atom is 0.268 e. The van der Waals surface area contributed by atoms with Gasteiger partial charge in [-0.05, 0) is 31.9 Å². The van der Waals surface area contributed by atoms with Crippen LogP contribution in [0.15, 0.2) is 29.2 Å². The number of aryl methyl sites for hydroxylation is 1. The molecular weight excluding hydrogens is 326 g/mol. The summed E-state index contributed by atoms with van der Waals surface area (Å²) >= 11 is 0. The maximum absolute atomic E-state index is 13.3. The van der Waals surface area contributed by atoms with E-state index in [0.29, 0.717) is 53.3 Å². The van der Waals surface area contributed by atoms with Crippen LogP contribution in [0.5, 0.6) is 5.75 Å². The normalized spacial score (nSPS) is 14.6. The van der Waals surface area contributed by atoms with E-state index in [1.807, 2.05) is 19.1 Å². The summed E-state index contributed by atoms with van der Waals surface area (Å²) < 4.78 is 35.4. The van der Waals surface area contributed by atoms with Crippen molar-refractivity contribution >= 4 is 15.7 Å². The van der Waals surface area contributed by atoms with E-state index in [2.05, 4.69) is 18.9 Å². The summed E-state index contributed by atoms with van der Waals surface area (Å²) in [5.41, 5.74) is 1.81. The first-order chi connectivity index (χ1) is 11.3. The van der Waals surface area contributed by atoms with Gasteiger partial charge in [-0.25, -0.2) is 8.42 Å². The number of anilines is 1. The Morgan fingerprint density at radius 3 is 2.67 bits per heavy atom. The van der Waals surface area contributed by atoms with Crippen molar-refractivity contribution < 1.29 is 13.2 Å². The van der Waals surface area contributed by atoms with E-state index in [0.717, 1.165) is 0 Å². The number of benzene rings is 1. The molecule has 0 bridgehead atoms. The lowest BCUT2D eigenvalue weighted by Gasteiger charge is -2.30. The highest BCUT2D eigenvalue weighted by Gasteiger charge is 2.34. The Labute approximate surface area is 143 Å². The van der Waals surface area contributed by atoms with Crippen molar-refractivity contribution in [2.45, 2.75) is 39.1 Å². The summed E-state index contributed by atoms with van der Waals surface area (Å²) in [5.74, 6) is 0.986. The van der Waals surface area contributed by atoms with E-state index < -0.39 is 10.0 Å². The first kappa shape index (κ1) is 16.8. The number of nitrogens with zero attached hydrogens (tertiary/aromatic N) is 3. The lowest BCUT2D eigenvalue weighted by Crippen LogP contribution is -2.38. The Balaban J connectivity index is 2.09. The number of hydrogen-bond acceptors (Lipinski definition) is 4. The smallest absolute Gasteiger partial charge is 0.268 e. The molecule has 0 saturated carbocycles. The lowest BCUT2D eigenvalue weighted by atomic mass is 10.2. The van der Waals surface area contributed by atoms with E-state index in [1.165, 1.54) is 4.31 Å². The van der Waals surface area contributed by atoms with Gasteiger partial charge in [-0.3, -0.25) is 8.99 Å². The molecule has 0 saturated heterocycles. The molecule has 1 aromatic carbocycles. The average Bonchev–Trinajstić information content (AvgIpc) is 2.80. The molecule has 1 aliphatic rings. The van der Waals surface area contributed by atoms with Crippen molar-refractivity contribution in [3.05, 3.63) is 35.7 Å². The summed E-state index contributed by atoms with van der Waals surface area (Å²) in [6.45, 7) is 9.08. The molecule has 0 N–H and O–H groups in total. The third-order valence-corrected chi connectivity index (χ3v) is 6.15. The van der Waals surface area contributed by atoms with Gasteiger partial charge in [0, 0.05) is 6.54 Å². The Kier molecular flexibility index (Phi) is 4.29. The van der Waals surface area contributed by atoms with Gasteiger partial charge in [0.2, 0.25) is 0 Å². The molecule has 0 unspecified atom stereocenters. The Hall–Kier alpha value is -2.02. The standard InChI is InChI=1S/C17H23N3O3S/c1-12(2)11-19-14(4)17(13(3)18-19)24(21,22)20-9-10-23-16-8-6-5-7-15(16)20/h5-8,12H,9-11H2,1-4H3. The topological polar surface area (TPSA) is 64.4 Å². The summed E-state index contributed by atoms with van der Waals surface area (Å²) in [7, 11) is -3.68. The third kappa shape index (κ3) is 2.77. The first-order valence-electron chi connectivity index (χ1n) is 8.11. The predicted molar refractivity (Wildman–Crippen MR) is 93.0 cm³/mol. The quantitative estimate of drug-likeness (QED) is 0.851. The van der Waals surface area contributed by atoms with Crippen LogP contribution < -0.4 is 9.04 Å². The highest BCUT2D eigenvalue weighted by molar-refractivity contribution is 7.93. The molecule has 0 fully saturated rings. The number of para-hydroxylation sites is 2. The molecular formula is C17H23N3O3S. The van der Waals surface area contributed by atoms with Gasteiger partial charge in [0.1, 0.15) is 17.3 Å². The van der Waals surface area contributed by atoms with Crippen molar-refractivity contribution in [3.63, 3.8) is 0 Å². The molecule has 3 rings (SSSR count). The second-order valence-electron chi connectivity index (χ2n) is 6.47. The molecule has 1 aliphatic heterocycles. The molecule has 6 nitrogen and oxygen atoms in total. The minimum absolute atomic E-state index is 0.299. The van der Waals surface area contributed by atoms with Crippen molar-refractivity contribution in [1.29, 1.82) is 0 Å². The lowest BCUT2D eigenvalue weighted by molar-refractivity contribution is 0.316. The van der Waals surface area contributed by atoms with Gasteiger partial charge in [0.05, 0.1) is 23.6 Å². The van der Waals surface area contributed by atoms with Gasteiger partial charge in [-0.1, -0.05) is 26.0 Å². The fourth-order valence-electron chi connectivity index (χ4n) is 3.08. The van der Waals surface area contributed by atoms with Crippen molar-refractivity contribution in [3.8, 4) is 5.75 Å². The number of hydrogen-bond donors (Lipinski definition) is 0. The fourth-order valence-corrected chi connectivity index (χ4v) is 4.92. The Bertz CT molecular complexity index is 856. The molecule has 2 aromatic rings. The van der Waals surface area contributed by atoms with Crippen LogP contribution in [0.3, 0.4) is 0 Å². The zero-order chi connectivity index (χ0) is 17.5. The van der Waals surface area contributed by atoms with Crippen LogP contribution in [-0.4, -0.2) is 31.3 Å². The summed E-state index contributed by atoms with van der Waals surface area (Å²) in [5, 5.41) is 4.45. The zero-order valence-corrected chi connectivity index (χ0v) is 15.3. The summed E-state index contributed by atoms with van der Waals surface area (Å²) in [6.07, 6.45) is 0. The number of ether oxygens (including phenoxy) is 1. The van der Waals surface area contributed by atoms with E-state index in [1.54, 1.807) is 23.7 Å². The van der Waals surface area contributed by atoms with Gasteiger partial charge in [-0.2, -0.15) is 5.10 Å². The number of aromatic nitrogens is 2. The van der Waals surface area contributed by atoms with Crippen LogP contribution in [0.25, 0.3) is 0 Å². The molecule has 7 heteroatoms. The maximum atomic E-state index is 13.3. The number of fused-ring (bicyclic) bond motifs is 1. The predicted octanol–water partition coefficient (Wildman–Crippen LogP) is 2.74. The molecule has 0 aliphatic carbocycles. The van der Waals surface area contributed by atoms with Crippen LogP contribution >= 0.6 is 0 Å². The zero-order valence-electron chi connectivity index (χ0n) is 14.5. The molecule has 0 atom stereocenters. The summed E-state index contributed by atoms with van der Waals surface area (Å²) in [6, 6.07) is 7.22. The fraction of sp³-hybridized carbons (Fsp3) is 0.471. The van der Waals surface area contributed by atoms with Crippen LogP contribution in [0.1, 0.15) is 25.2 Å². The molecule has 24 heavy (non-hydrogen) atoms. The van der Waals surface area contributed by atoms with E-state index >= 15 is 0 Å². The molecule has 130 valence electrons. The largest absolute Gasteiger partial charge is 0.489 e. The molecule has 2 heterocycles. The Morgan fingerprint density at radius 2 is 1.96 bits per heavy atom. The SMILES string of the molecule is Cc1nn(CC(C)C)c(C)c1S(=O)(=O)N1CCOc2ccccc21. The molecule has 0 amide bonds. The van der Waals surface area contributed by atoms with Gasteiger partial charge >= 0.3 is 0 Å². The van der Waals surface area contributed by atoms with Gasteiger partial charge in [0.15, 0.2) is 0 Å². The second kappa shape index (κ2) is 6.12. The minimum Gasteiger partial charge on any atom is -0.489 e. The Morgan fingerprint density at radius 1 is 1.25 bits per heavy atom. The van der Waals surface area contributed by atoms with E-state index in [9.17, 15) is 8.42 Å². The van der Waals surface area contributed by atoms with Crippen LogP contribution in [0.2, 0.25) is 0 Å². The molecule has 0 spiro atoms. The van der Waals surface area contributed by atoms with Crippen molar-refractivity contribution in [2.24, 2.45) is 5.92 Å². The summed E-state index contributed by atoms with van der Waals surface area (Å²) in [4.78, 5) is 0.305. The van der Waals surface area contributed by atoms with Gasteiger partial charge in [-0.15, -0.1) is 0 Å². The van der Waals surface area contributed by atoms with Crippen LogP contribution in [0.4, 0.5) is 5.69 Å². The number of sulfonamides is 1. The molecule has 1 aromatic heterocycles. The number of rotatable bonds is 4. The van der Waals surface area contributed by atoms with Crippen LogP contribution in [0, 0.1) is 19.8 Å². The average molecular weight is 349 g/mol. The second-order valence-corrected chi connectivity index (χ2v) is 8.27. The van der Waals surface area contributed by atoms with Gasteiger partial charge < -0.3 is 4.74 Å². The van der Waals surface area contributed by atoms with E-state index in [4.69, 9.17) is 4.74 Å². The third-order valence-electron chi connectivity index (χ3n) is 4.09. The highest BCUT2D eigenvalue weighted by atomic mass is 32.2. The minimum atomic E-state index is -3.68. The monoisotopic (exact) mass is 349 g/mol. The van der Waals surface area contributed by atoms with Crippen molar-refractivity contribution in [1.82, 2.24) is 9.78 Å². The van der Waals surface area contributed by atoms with Crippen molar-refractivity contribution in [2.75, 3.05) is 17.5 Å².